The van der Waals surface area contributed by atoms with Crippen LogP contribution in [-0.2, 0) is 7.05 Å². The number of nitrogens with zero attached hydrogens (tertiary/aromatic N) is 6. The number of nitrogen functional groups attached to an aromatic ring is 1. The zero-order valence-corrected chi connectivity index (χ0v) is 17.8. The van der Waals surface area contributed by atoms with E-state index in [0.717, 1.165) is 43.3 Å². The van der Waals surface area contributed by atoms with E-state index in [-0.39, 0.29) is 17.4 Å². The topological polar surface area (TPSA) is 101 Å². The van der Waals surface area contributed by atoms with Crippen molar-refractivity contribution in [2.24, 2.45) is 13.0 Å². The van der Waals surface area contributed by atoms with E-state index in [4.69, 9.17) is 10.8 Å². The lowest BCUT2D eigenvalue weighted by molar-refractivity contribution is 0.311. The lowest BCUT2D eigenvalue weighted by atomic mass is 10.0. The Kier molecular flexibility index (Phi) is 4.85. The van der Waals surface area contributed by atoms with Crippen molar-refractivity contribution in [1.82, 2.24) is 29.4 Å². The molecular formula is C20H30N8O. The molecule has 156 valence electrons. The molecule has 0 saturated carbocycles. The maximum atomic E-state index is 13.1. The molecule has 29 heavy (non-hydrogen) atoms. The van der Waals surface area contributed by atoms with Crippen LogP contribution in [0.3, 0.4) is 0 Å². The summed E-state index contributed by atoms with van der Waals surface area (Å²) < 4.78 is 3.67. The maximum Gasteiger partial charge on any atom is 0.264 e. The second-order valence-corrected chi connectivity index (χ2v) is 8.40. The third-order valence-corrected chi connectivity index (χ3v) is 6.14. The van der Waals surface area contributed by atoms with E-state index in [1.54, 1.807) is 4.57 Å². The maximum absolute atomic E-state index is 13.1. The quantitative estimate of drug-likeness (QED) is 0.693. The molecule has 0 spiro atoms. The van der Waals surface area contributed by atoms with E-state index in [9.17, 15) is 4.79 Å². The Morgan fingerprint density at radius 3 is 2.48 bits per heavy atom. The van der Waals surface area contributed by atoms with E-state index in [1.807, 2.05) is 24.9 Å². The molecule has 3 aromatic rings. The molecule has 4 rings (SSSR count). The number of H-pyrrole nitrogens is 1. The highest BCUT2D eigenvalue weighted by Crippen LogP contribution is 2.31. The molecule has 4 heterocycles. The van der Waals surface area contributed by atoms with Crippen molar-refractivity contribution in [1.29, 1.82) is 0 Å². The van der Waals surface area contributed by atoms with Gasteiger partial charge in [-0.2, -0.15) is 10.2 Å². The summed E-state index contributed by atoms with van der Waals surface area (Å²) in [6.45, 7) is 10.2. The predicted octanol–water partition coefficient (Wildman–Crippen LogP) is 1.68. The van der Waals surface area contributed by atoms with Crippen LogP contribution in [0.15, 0.2) is 17.1 Å². The Hall–Kier alpha value is -2.81. The summed E-state index contributed by atoms with van der Waals surface area (Å²) in [4.78, 5) is 17.8. The fourth-order valence-corrected chi connectivity index (χ4v) is 3.90. The van der Waals surface area contributed by atoms with E-state index in [0.29, 0.717) is 16.8 Å². The Bertz CT molecular complexity index is 1080. The van der Waals surface area contributed by atoms with Gasteiger partial charge in [-0.05, 0) is 19.9 Å². The van der Waals surface area contributed by atoms with Crippen molar-refractivity contribution in [3.63, 3.8) is 0 Å². The molecule has 1 aliphatic heterocycles. The molecule has 0 unspecified atom stereocenters. The standard InChI is InChI=1S/C20H30N8O/c1-12(2)13(3)28-11-14(18-17(20(28)29)19(21)23-22-18)15-10-16(26(5)24-15)27-8-6-25(4)7-9-27/h10-13H,6-9H2,1-5H3,(H3,21,22,23)/t13-/m0/s1. The Labute approximate surface area is 170 Å². The smallest absolute Gasteiger partial charge is 0.264 e. The van der Waals surface area contributed by atoms with Crippen molar-refractivity contribution in [2.75, 3.05) is 43.9 Å². The van der Waals surface area contributed by atoms with E-state index in [2.05, 4.69) is 47.0 Å². The van der Waals surface area contributed by atoms with Gasteiger partial charge in [0, 0.05) is 57.1 Å². The summed E-state index contributed by atoms with van der Waals surface area (Å²) in [6.07, 6.45) is 1.89. The number of aryl methyl sites for hydroxylation is 1. The number of pyridine rings is 1. The molecule has 9 heteroatoms. The molecule has 3 aromatic heterocycles. The summed E-state index contributed by atoms with van der Waals surface area (Å²) in [5.41, 5.74) is 8.21. The van der Waals surface area contributed by atoms with Gasteiger partial charge >= 0.3 is 0 Å². The number of nitrogens with two attached hydrogens (primary N) is 1. The number of hydrogen-bond acceptors (Lipinski definition) is 6. The van der Waals surface area contributed by atoms with Gasteiger partial charge in [0.1, 0.15) is 11.2 Å². The van der Waals surface area contributed by atoms with E-state index in [1.165, 1.54) is 0 Å². The summed E-state index contributed by atoms with van der Waals surface area (Å²) in [7, 11) is 4.10. The van der Waals surface area contributed by atoms with Gasteiger partial charge in [0.15, 0.2) is 5.82 Å². The third-order valence-electron chi connectivity index (χ3n) is 6.14. The van der Waals surface area contributed by atoms with Crippen LogP contribution in [0, 0.1) is 5.92 Å². The van der Waals surface area contributed by atoms with Gasteiger partial charge in [-0.3, -0.25) is 14.6 Å². The number of piperazine rings is 1. The minimum atomic E-state index is -0.119. The lowest BCUT2D eigenvalue weighted by Crippen LogP contribution is -2.45. The second-order valence-electron chi connectivity index (χ2n) is 8.40. The molecule has 1 atom stereocenters. The number of fused-ring (bicyclic) bond motifs is 1. The molecule has 3 N–H and O–H groups in total. The van der Waals surface area contributed by atoms with Crippen LogP contribution in [-0.4, -0.2) is 62.7 Å². The van der Waals surface area contributed by atoms with Crippen LogP contribution in [0.1, 0.15) is 26.8 Å². The normalized spacial score (nSPS) is 16.8. The summed E-state index contributed by atoms with van der Waals surface area (Å²) in [5, 5.41) is 12.3. The van der Waals surface area contributed by atoms with Crippen molar-refractivity contribution in [3.8, 4) is 11.3 Å². The fourth-order valence-electron chi connectivity index (χ4n) is 3.90. The number of rotatable bonds is 4. The largest absolute Gasteiger partial charge is 0.382 e. The van der Waals surface area contributed by atoms with Crippen LogP contribution < -0.4 is 16.2 Å². The highest BCUT2D eigenvalue weighted by molar-refractivity contribution is 5.97. The van der Waals surface area contributed by atoms with Crippen molar-refractivity contribution < 1.29 is 0 Å². The minimum absolute atomic E-state index is 0.0285. The number of anilines is 2. The van der Waals surface area contributed by atoms with Gasteiger partial charge in [0.2, 0.25) is 0 Å². The number of aromatic amines is 1. The average molecular weight is 399 g/mol. The molecule has 1 aliphatic rings. The van der Waals surface area contributed by atoms with Crippen LogP contribution in [0.25, 0.3) is 22.2 Å². The molecule has 1 fully saturated rings. The van der Waals surface area contributed by atoms with Gasteiger partial charge in [-0.1, -0.05) is 13.8 Å². The number of nitrogens with one attached hydrogen (secondary N) is 1. The number of aromatic nitrogens is 5. The van der Waals surface area contributed by atoms with Crippen LogP contribution in [0.5, 0.6) is 0 Å². The molecule has 1 saturated heterocycles. The first-order chi connectivity index (χ1) is 13.8. The van der Waals surface area contributed by atoms with E-state index < -0.39 is 0 Å². The van der Waals surface area contributed by atoms with Gasteiger partial charge < -0.3 is 20.1 Å². The molecule has 9 nitrogen and oxygen atoms in total. The first-order valence-electron chi connectivity index (χ1n) is 10.1. The zero-order chi connectivity index (χ0) is 20.9. The van der Waals surface area contributed by atoms with Gasteiger partial charge in [0.25, 0.3) is 5.56 Å². The summed E-state index contributed by atoms with van der Waals surface area (Å²) in [5.74, 6) is 1.60. The first-order valence-corrected chi connectivity index (χ1v) is 10.1. The minimum Gasteiger partial charge on any atom is -0.382 e. The molecule has 0 aromatic carbocycles. The number of likely N-dealkylation sites (N-methyl/N-ethyl adjacent to an activating group) is 1. The fraction of sp³-hybridized carbons (Fsp3) is 0.550. The third kappa shape index (κ3) is 3.29. The predicted molar refractivity (Wildman–Crippen MR) is 116 cm³/mol. The monoisotopic (exact) mass is 398 g/mol. The highest BCUT2D eigenvalue weighted by Gasteiger charge is 2.23. The Balaban J connectivity index is 1.85. The molecule has 0 radical (unpaired) electrons. The van der Waals surface area contributed by atoms with Crippen molar-refractivity contribution >= 4 is 22.5 Å². The van der Waals surface area contributed by atoms with Crippen LogP contribution >= 0.6 is 0 Å². The number of hydrogen-bond donors (Lipinski definition) is 2. The van der Waals surface area contributed by atoms with Gasteiger partial charge in [-0.25, -0.2) is 0 Å². The molecular weight excluding hydrogens is 368 g/mol. The molecule has 0 bridgehead atoms. The van der Waals surface area contributed by atoms with Crippen molar-refractivity contribution in [3.05, 3.63) is 22.6 Å². The van der Waals surface area contributed by atoms with E-state index >= 15 is 0 Å². The SMILES string of the molecule is CC(C)[C@H](C)n1cc(-c2cc(N3CCN(C)CC3)n(C)n2)c2[nH]nc(N)c2c1=O. The second kappa shape index (κ2) is 7.22. The Morgan fingerprint density at radius 1 is 1.14 bits per heavy atom. The van der Waals surface area contributed by atoms with Crippen molar-refractivity contribution in [2.45, 2.75) is 26.8 Å². The van der Waals surface area contributed by atoms with Crippen LogP contribution in [0.2, 0.25) is 0 Å². The van der Waals surface area contributed by atoms with Gasteiger partial charge in [0.05, 0.1) is 11.2 Å². The zero-order valence-electron chi connectivity index (χ0n) is 17.8. The molecule has 0 aliphatic carbocycles. The first kappa shape index (κ1) is 19.5. The lowest BCUT2D eigenvalue weighted by Gasteiger charge is -2.33. The Morgan fingerprint density at radius 2 is 1.83 bits per heavy atom. The highest BCUT2D eigenvalue weighted by atomic mass is 16.1. The summed E-state index contributed by atoms with van der Waals surface area (Å²) in [6, 6.07) is 2.12. The van der Waals surface area contributed by atoms with Crippen LogP contribution in [0.4, 0.5) is 11.6 Å². The van der Waals surface area contributed by atoms with Gasteiger partial charge in [-0.15, -0.1) is 0 Å². The summed E-state index contributed by atoms with van der Waals surface area (Å²) >= 11 is 0. The molecule has 0 amide bonds. The average Bonchev–Trinajstić information content (AvgIpc) is 3.26.